The number of hydrogen-bond donors (Lipinski definition) is 2. The van der Waals surface area contributed by atoms with E-state index in [0.29, 0.717) is 11.3 Å². The number of nitrogens with two attached hydrogens (primary N) is 1. The Morgan fingerprint density at radius 2 is 2.12 bits per heavy atom. The molecular formula is C12H13NO2S. The summed E-state index contributed by atoms with van der Waals surface area (Å²) < 4.78 is 5.21. The van der Waals surface area contributed by atoms with Gasteiger partial charge in [-0.2, -0.15) is 0 Å². The van der Waals surface area contributed by atoms with E-state index in [1.807, 2.05) is 17.5 Å². The highest BCUT2D eigenvalue weighted by atomic mass is 32.1. The Hall–Kier alpha value is -1.52. The fourth-order valence-corrected chi connectivity index (χ4v) is 2.37. The van der Waals surface area contributed by atoms with E-state index in [4.69, 9.17) is 10.5 Å². The van der Waals surface area contributed by atoms with Gasteiger partial charge in [0, 0.05) is 4.88 Å². The molecule has 0 spiro atoms. The van der Waals surface area contributed by atoms with Gasteiger partial charge in [0.2, 0.25) is 0 Å². The normalized spacial score (nSPS) is 12.4. The van der Waals surface area contributed by atoms with E-state index < -0.39 is 0 Å². The summed E-state index contributed by atoms with van der Waals surface area (Å²) in [6.45, 7) is 0. The van der Waals surface area contributed by atoms with Crippen LogP contribution >= 0.6 is 11.3 Å². The molecule has 0 unspecified atom stereocenters. The van der Waals surface area contributed by atoms with Crippen molar-refractivity contribution in [1.82, 2.24) is 0 Å². The monoisotopic (exact) mass is 235 g/mol. The van der Waals surface area contributed by atoms with Gasteiger partial charge < -0.3 is 15.6 Å². The summed E-state index contributed by atoms with van der Waals surface area (Å²) in [6.07, 6.45) is 0. The molecule has 0 radical (unpaired) electrons. The van der Waals surface area contributed by atoms with Crippen LogP contribution in [0.4, 0.5) is 0 Å². The molecule has 3 N–H and O–H groups in total. The number of phenols is 1. The lowest BCUT2D eigenvalue weighted by Crippen LogP contribution is -2.11. The van der Waals surface area contributed by atoms with Crippen LogP contribution in [0.5, 0.6) is 11.5 Å². The Kier molecular flexibility index (Phi) is 3.12. The molecular weight excluding hydrogens is 222 g/mol. The summed E-state index contributed by atoms with van der Waals surface area (Å²) in [5, 5.41) is 11.8. The summed E-state index contributed by atoms with van der Waals surface area (Å²) in [5.41, 5.74) is 6.74. The van der Waals surface area contributed by atoms with Gasteiger partial charge in [-0.3, -0.25) is 0 Å². The standard InChI is InChI=1S/C12H13NO2S/c1-15-9-5-2-4-8(14)11(9)12(13)10-6-3-7-16-10/h2-7,12,14H,13H2,1H3/t12-/m1/s1. The fourth-order valence-electron chi connectivity index (χ4n) is 1.63. The minimum Gasteiger partial charge on any atom is -0.507 e. The molecule has 2 rings (SSSR count). The number of phenolic OH excluding ortho intramolecular Hbond substituents is 1. The molecule has 1 heterocycles. The van der Waals surface area contributed by atoms with Crippen LogP contribution in [-0.2, 0) is 0 Å². The minimum absolute atomic E-state index is 0.167. The Bertz CT molecular complexity index is 468. The van der Waals surface area contributed by atoms with Gasteiger partial charge in [-0.1, -0.05) is 12.1 Å². The molecule has 0 bridgehead atoms. The maximum absolute atomic E-state index is 9.84. The zero-order valence-corrected chi connectivity index (χ0v) is 9.70. The summed E-state index contributed by atoms with van der Waals surface area (Å²) >= 11 is 1.56. The maximum atomic E-state index is 9.84. The topological polar surface area (TPSA) is 55.5 Å². The summed E-state index contributed by atoms with van der Waals surface area (Å²) in [5.74, 6) is 0.779. The minimum atomic E-state index is -0.351. The van der Waals surface area contributed by atoms with E-state index in [-0.39, 0.29) is 11.8 Å². The molecule has 1 aromatic carbocycles. The van der Waals surface area contributed by atoms with Crippen molar-refractivity contribution in [3.63, 3.8) is 0 Å². The van der Waals surface area contributed by atoms with Crippen LogP contribution < -0.4 is 10.5 Å². The number of ether oxygens (including phenoxy) is 1. The first kappa shape index (κ1) is 11.0. The van der Waals surface area contributed by atoms with Crippen molar-refractivity contribution in [1.29, 1.82) is 0 Å². The Morgan fingerprint density at radius 1 is 1.31 bits per heavy atom. The lowest BCUT2D eigenvalue weighted by molar-refractivity contribution is 0.397. The summed E-state index contributed by atoms with van der Waals surface area (Å²) in [7, 11) is 1.57. The van der Waals surface area contributed by atoms with Crippen LogP contribution in [0, 0.1) is 0 Å². The second-order valence-electron chi connectivity index (χ2n) is 3.39. The predicted molar refractivity (Wildman–Crippen MR) is 65.0 cm³/mol. The number of aromatic hydroxyl groups is 1. The van der Waals surface area contributed by atoms with Crippen molar-refractivity contribution in [2.45, 2.75) is 6.04 Å². The molecule has 0 saturated carbocycles. The number of thiophene rings is 1. The smallest absolute Gasteiger partial charge is 0.127 e. The van der Waals surface area contributed by atoms with Crippen molar-refractivity contribution >= 4 is 11.3 Å². The van der Waals surface area contributed by atoms with Gasteiger partial charge in [0.05, 0.1) is 18.7 Å². The molecule has 0 aliphatic rings. The molecule has 3 nitrogen and oxygen atoms in total. The number of methoxy groups -OCH3 is 1. The maximum Gasteiger partial charge on any atom is 0.127 e. The fraction of sp³-hybridized carbons (Fsp3) is 0.167. The molecule has 0 aliphatic heterocycles. The third kappa shape index (κ3) is 1.89. The van der Waals surface area contributed by atoms with Crippen molar-refractivity contribution in [2.24, 2.45) is 5.73 Å². The van der Waals surface area contributed by atoms with Crippen LogP contribution in [0.15, 0.2) is 35.7 Å². The average molecular weight is 235 g/mol. The van der Waals surface area contributed by atoms with E-state index in [0.717, 1.165) is 4.88 Å². The van der Waals surface area contributed by atoms with Gasteiger partial charge in [-0.25, -0.2) is 0 Å². The zero-order chi connectivity index (χ0) is 11.5. The molecule has 4 heteroatoms. The predicted octanol–water partition coefficient (Wildman–Crippen LogP) is 2.51. The first-order valence-corrected chi connectivity index (χ1v) is 5.77. The third-order valence-electron chi connectivity index (χ3n) is 2.42. The molecule has 0 amide bonds. The van der Waals surface area contributed by atoms with Crippen molar-refractivity contribution < 1.29 is 9.84 Å². The number of rotatable bonds is 3. The highest BCUT2D eigenvalue weighted by Crippen LogP contribution is 2.36. The van der Waals surface area contributed by atoms with Gasteiger partial charge in [-0.15, -0.1) is 11.3 Å². The molecule has 0 aliphatic carbocycles. The van der Waals surface area contributed by atoms with Crippen LogP contribution in [-0.4, -0.2) is 12.2 Å². The third-order valence-corrected chi connectivity index (χ3v) is 3.38. The molecule has 1 aromatic heterocycles. The van der Waals surface area contributed by atoms with Crippen molar-refractivity contribution in [2.75, 3.05) is 7.11 Å². The SMILES string of the molecule is COc1cccc(O)c1[C@H](N)c1cccs1. The molecule has 84 valence electrons. The first-order valence-electron chi connectivity index (χ1n) is 4.89. The van der Waals surface area contributed by atoms with Gasteiger partial charge >= 0.3 is 0 Å². The van der Waals surface area contributed by atoms with Crippen LogP contribution in [0.25, 0.3) is 0 Å². The van der Waals surface area contributed by atoms with E-state index in [1.165, 1.54) is 0 Å². The summed E-state index contributed by atoms with van der Waals surface area (Å²) in [6, 6.07) is 8.68. The second kappa shape index (κ2) is 4.55. The van der Waals surface area contributed by atoms with E-state index in [9.17, 15) is 5.11 Å². The van der Waals surface area contributed by atoms with Crippen molar-refractivity contribution in [3.05, 3.63) is 46.2 Å². The number of hydrogen-bond acceptors (Lipinski definition) is 4. The van der Waals surface area contributed by atoms with Crippen molar-refractivity contribution in [3.8, 4) is 11.5 Å². The molecule has 1 atom stereocenters. The molecule has 0 fully saturated rings. The quantitative estimate of drug-likeness (QED) is 0.859. The molecule has 2 aromatic rings. The van der Waals surface area contributed by atoms with E-state index >= 15 is 0 Å². The van der Waals surface area contributed by atoms with Gasteiger partial charge in [-0.05, 0) is 23.6 Å². The van der Waals surface area contributed by atoms with Gasteiger partial charge in [0.15, 0.2) is 0 Å². The Balaban J connectivity index is 2.47. The van der Waals surface area contributed by atoms with Gasteiger partial charge in [0.25, 0.3) is 0 Å². The number of benzene rings is 1. The van der Waals surface area contributed by atoms with Gasteiger partial charge in [0.1, 0.15) is 11.5 Å². The first-order chi connectivity index (χ1) is 7.74. The highest BCUT2D eigenvalue weighted by molar-refractivity contribution is 7.10. The highest BCUT2D eigenvalue weighted by Gasteiger charge is 2.18. The second-order valence-corrected chi connectivity index (χ2v) is 4.37. The average Bonchev–Trinajstić information content (AvgIpc) is 2.81. The Labute approximate surface area is 98.1 Å². The lowest BCUT2D eigenvalue weighted by atomic mass is 10.0. The Morgan fingerprint density at radius 3 is 2.75 bits per heavy atom. The lowest BCUT2D eigenvalue weighted by Gasteiger charge is -2.15. The molecule has 0 saturated heterocycles. The molecule has 16 heavy (non-hydrogen) atoms. The summed E-state index contributed by atoms with van der Waals surface area (Å²) in [4.78, 5) is 1.000. The zero-order valence-electron chi connectivity index (χ0n) is 8.88. The van der Waals surface area contributed by atoms with E-state index in [2.05, 4.69) is 0 Å². The van der Waals surface area contributed by atoms with E-state index in [1.54, 1.807) is 36.6 Å². The van der Waals surface area contributed by atoms with Crippen LogP contribution in [0.3, 0.4) is 0 Å². The van der Waals surface area contributed by atoms with Crippen LogP contribution in [0.2, 0.25) is 0 Å². The van der Waals surface area contributed by atoms with Crippen LogP contribution in [0.1, 0.15) is 16.5 Å². The largest absolute Gasteiger partial charge is 0.507 e.